The van der Waals surface area contributed by atoms with Crippen LogP contribution >= 0.6 is 34.8 Å². The molecule has 1 aliphatic rings. The van der Waals surface area contributed by atoms with E-state index in [1.807, 2.05) is 0 Å². The SMILES string of the molecule is O=C(COC(=O)C1CCN(C(=O)c2ccc(Cl)cc2)CC1)c1ccc(Cl)c(Cl)c1. The van der Waals surface area contributed by atoms with E-state index in [9.17, 15) is 14.4 Å². The van der Waals surface area contributed by atoms with Crippen LogP contribution in [0.5, 0.6) is 0 Å². The summed E-state index contributed by atoms with van der Waals surface area (Å²) in [6.07, 6.45) is 0.970. The van der Waals surface area contributed by atoms with E-state index in [2.05, 4.69) is 0 Å². The predicted octanol–water partition coefficient (Wildman–Crippen LogP) is 4.93. The second-order valence-corrected chi connectivity index (χ2v) is 7.98. The third kappa shape index (κ3) is 5.50. The highest BCUT2D eigenvalue weighted by Gasteiger charge is 2.29. The lowest BCUT2D eigenvalue weighted by atomic mass is 9.96. The number of carbonyl (C=O) groups is 3. The van der Waals surface area contributed by atoms with Crippen molar-refractivity contribution in [1.29, 1.82) is 0 Å². The Morgan fingerprint density at radius 1 is 0.897 bits per heavy atom. The van der Waals surface area contributed by atoms with Gasteiger partial charge >= 0.3 is 5.97 Å². The van der Waals surface area contributed by atoms with Crippen LogP contribution in [-0.4, -0.2) is 42.3 Å². The van der Waals surface area contributed by atoms with Crippen LogP contribution in [0.3, 0.4) is 0 Å². The first-order chi connectivity index (χ1) is 13.8. The minimum Gasteiger partial charge on any atom is -0.457 e. The van der Waals surface area contributed by atoms with Gasteiger partial charge in [-0.15, -0.1) is 0 Å². The number of benzene rings is 2. The maximum atomic E-state index is 12.5. The summed E-state index contributed by atoms with van der Waals surface area (Å²) in [4.78, 5) is 38.7. The number of amides is 1. The third-order valence-electron chi connectivity index (χ3n) is 4.79. The Kier molecular flexibility index (Phi) is 7.17. The number of carbonyl (C=O) groups excluding carboxylic acids is 3. The number of esters is 1. The van der Waals surface area contributed by atoms with Crippen molar-refractivity contribution in [3.63, 3.8) is 0 Å². The largest absolute Gasteiger partial charge is 0.457 e. The van der Waals surface area contributed by atoms with Crippen LogP contribution in [-0.2, 0) is 9.53 Å². The van der Waals surface area contributed by atoms with Gasteiger partial charge in [0.2, 0.25) is 0 Å². The maximum absolute atomic E-state index is 12.5. The molecule has 0 atom stereocenters. The summed E-state index contributed by atoms with van der Waals surface area (Å²) >= 11 is 17.6. The van der Waals surface area contributed by atoms with Crippen molar-refractivity contribution in [3.05, 3.63) is 68.7 Å². The fourth-order valence-electron chi connectivity index (χ4n) is 3.10. The average molecular weight is 455 g/mol. The van der Waals surface area contributed by atoms with Gasteiger partial charge in [0, 0.05) is 29.2 Å². The predicted molar refractivity (Wildman–Crippen MR) is 112 cm³/mol. The van der Waals surface area contributed by atoms with Crippen molar-refractivity contribution >= 4 is 52.5 Å². The number of ether oxygens (including phenoxy) is 1. The quantitative estimate of drug-likeness (QED) is 0.475. The van der Waals surface area contributed by atoms with Crippen LogP contribution in [0.2, 0.25) is 15.1 Å². The minimum atomic E-state index is -0.433. The first kappa shape index (κ1) is 21.6. The van der Waals surface area contributed by atoms with Gasteiger partial charge in [-0.1, -0.05) is 34.8 Å². The maximum Gasteiger partial charge on any atom is 0.309 e. The lowest BCUT2D eigenvalue weighted by Gasteiger charge is -2.31. The summed E-state index contributed by atoms with van der Waals surface area (Å²) in [5.74, 6) is -1.22. The molecule has 0 radical (unpaired) electrons. The highest BCUT2D eigenvalue weighted by molar-refractivity contribution is 6.42. The molecule has 152 valence electrons. The number of rotatable bonds is 5. The van der Waals surface area contributed by atoms with Gasteiger partial charge in [0.05, 0.1) is 16.0 Å². The van der Waals surface area contributed by atoms with Gasteiger partial charge in [0.1, 0.15) is 0 Å². The molecule has 29 heavy (non-hydrogen) atoms. The lowest BCUT2D eigenvalue weighted by molar-refractivity contribution is -0.148. The number of hydrogen-bond donors (Lipinski definition) is 0. The smallest absolute Gasteiger partial charge is 0.309 e. The van der Waals surface area contributed by atoms with Gasteiger partial charge in [0.15, 0.2) is 12.4 Å². The fourth-order valence-corrected chi connectivity index (χ4v) is 3.52. The van der Waals surface area contributed by atoms with Gasteiger partial charge in [0.25, 0.3) is 5.91 Å². The molecule has 0 bridgehead atoms. The van der Waals surface area contributed by atoms with E-state index >= 15 is 0 Å². The molecule has 1 fully saturated rings. The number of piperidine rings is 1. The molecule has 5 nitrogen and oxygen atoms in total. The highest BCUT2D eigenvalue weighted by Crippen LogP contribution is 2.24. The number of likely N-dealkylation sites (tertiary alicyclic amines) is 1. The van der Waals surface area contributed by atoms with E-state index in [4.69, 9.17) is 39.5 Å². The highest BCUT2D eigenvalue weighted by atomic mass is 35.5. The first-order valence-electron chi connectivity index (χ1n) is 9.05. The molecule has 0 unspecified atom stereocenters. The third-order valence-corrected chi connectivity index (χ3v) is 5.78. The second-order valence-electron chi connectivity index (χ2n) is 6.73. The Morgan fingerprint density at radius 3 is 2.14 bits per heavy atom. The van der Waals surface area contributed by atoms with Gasteiger partial charge in [-0.25, -0.2) is 0 Å². The van der Waals surface area contributed by atoms with Crippen LogP contribution in [0.4, 0.5) is 0 Å². The lowest BCUT2D eigenvalue weighted by Crippen LogP contribution is -2.40. The molecular weight excluding hydrogens is 437 g/mol. The number of hydrogen-bond acceptors (Lipinski definition) is 4. The average Bonchev–Trinajstić information content (AvgIpc) is 2.74. The first-order valence-corrected chi connectivity index (χ1v) is 10.2. The van der Waals surface area contributed by atoms with E-state index in [-0.39, 0.29) is 29.2 Å². The second kappa shape index (κ2) is 9.61. The summed E-state index contributed by atoms with van der Waals surface area (Å²) < 4.78 is 5.18. The zero-order valence-corrected chi connectivity index (χ0v) is 17.6. The molecule has 1 aliphatic heterocycles. The van der Waals surface area contributed by atoms with Gasteiger partial charge in [-0.3, -0.25) is 14.4 Å². The standard InChI is InChI=1S/C21H18Cl3NO4/c22-16-4-1-13(2-5-16)20(27)25-9-7-14(8-10-25)21(28)29-12-19(26)15-3-6-17(23)18(24)11-15/h1-6,11,14H,7-10,12H2. The Labute approximate surface area is 183 Å². The van der Waals surface area contributed by atoms with Gasteiger partial charge in [-0.05, 0) is 55.3 Å². The number of halogens is 3. The number of Topliss-reactive ketones (excluding diaryl/α,β-unsaturated/α-hetero) is 1. The molecule has 0 aliphatic carbocycles. The van der Waals surface area contributed by atoms with Crippen LogP contribution in [0, 0.1) is 5.92 Å². The summed E-state index contributed by atoms with van der Waals surface area (Å²) in [7, 11) is 0. The Balaban J connectivity index is 1.48. The van der Waals surface area contributed by atoms with Crippen molar-refractivity contribution in [3.8, 4) is 0 Å². The zero-order chi connectivity index (χ0) is 21.0. The molecule has 2 aromatic rings. The molecule has 8 heteroatoms. The molecule has 0 aromatic heterocycles. The van der Waals surface area contributed by atoms with Crippen LogP contribution in [0.25, 0.3) is 0 Å². The van der Waals surface area contributed by atoms with E-state index in [1.165, 1.54) is 18.2 Å². The molecule has 1 saturated heterocycles. The van der Waals surface area contributed by atoms with Crippen LogP contribution < -0.4 is 0 Å². The summed E-state index contributed by atoms with van der Waals surface area (Å²) in [6, 6.07) is 11.2. The number of ketones is 1. The molecule has 2 aromatic carbocycles. The molecule has 0 saturated carbocycles. The van der Waals surface area contributed by atoms with Crippen LogP contribution in [0.1, 0.15) is 33.6 Å². The van der Waals surface area contributed by atoms with Crippen LogP contribution in [0.15, 0.2) is 42.5 Å². The van der Waals surface area contributed by atoms with E-state index in [0.717, 1.165) is 0 Å². The van der Waals surface area contributed by atoms with Gasteiger partial charge in [-0.2, -0.15) is 0 Å². The monoisotopic (exact) mass is 453 g/mol. The number of nitrogens with zero attached hydrogens (tertiary/aromatic N) is 1. The summed E-state index contributed by atoms with van der Waals surface area (Å²) in [6.45, 7) is 0.532. The molecule has 1 heterocycles. The Bertz CT molecular complexity index is 922. The van der Waals surface area contributed by atoms with Crippen molar-refractivity contribution in [2.45, 2.75) is 12.8 Å². The molecule has 3 rings (SSSR count). The van der Waals surface area contributed by atoms with Gasteiger partial charge < -0.3 is 9.64 Å². The van der Waals surface area contributed by atoms with E-state index in [1.54, 1.807) is 29.2 Å². The van der Waals surface area contributed by atoms with E-state index in [0.29, 0.717) is 47.1 Å². The Hall–Kier alpha value is -2.08. The summed E-state index contributed by atoms with van der Waals surface area (Å²) in [5.41, 5.74) is 0.887. The molecule has 0 N–H and O–H groups in total. The van der Waals surface area contributed by atoms with E-state index < -0.39 is 5.97 Å². The fraction of sp³-hybridized carbons (Fsp3) is 0.286. The topological polar surface area (TPSA) is 63.7 Å². The zero-order valence-electron chi connectivity index (χ0n) is 15.4. The van der Waals surface area contributed by atoms with Crippen molar-refractivity contribution in [2.75, 3.05) is 19.7 Å². The van der Waals surface area contributed by atoms with Crippen molar-refractivity contribution < 1.29 is 19.1 Å². The van der Waals surface area contributed by atoms with Crippen molar-refractivity contribution in [1.82, 2.24) is 4.90 Å². The normalized spacial score (nSPS) is 14.5. The van der Waals surface area contributed by atoms with Crippen molar-refractivity contribution in [2.24, 2.45) is 5.92 Å². The molecule has 0 spiro atoms. The summed E-state index contributed by atoms with van der Waals surface area (Å²) in [5, 5.41) is 1.18. The minimum absolute atomic E-state index is 0.0942. The Morgan fingerprint density at radius 2 is 1.52 bits per heavy atom. The molecular formula is C21H18Cl3NO4. The molecule has 1 amide bonds.